The minimum atomic E-state index is -3.52. The summed E-state index contributed by atoms with van der Waals surface area (Å²) in [6.07, 6.45) is -8.72. The SMILES string of the molecule is CP(=O)(OCC1OC(O)C(O)[C@@H](F)[C@@H]1O)Oc1ccccc1. The Kier molecular flexibility index (Phi) is 5.55. The van der Waals surface area contributed by atoms with E-state index in [0.29, 0.717) is 5.75 Å². The minimum absolute atomic E-state index is 0.331. The van der Waals surface area contributed by atoms with Crippen molar-refractivity contribution in [1.82, 2.24) is 0 Å². The van der Waals surface area contributed by atoms with E-state index in [4.69, 9.17) is 13.8 Å². The van der Waals surface area contributed by atoms with Crippen LogP contribution in [-0.2, 0) is 13.8 Å². The van der Waals surface area contributed by atoms with E-state index in [9.17, 15) is 24.3 Å². The Bertz CT molecular complexity index is 528. The van der Waals surface area contributed by atoms with E-state index in [1.807, 2.05) is 0 Å². The molecule has 4 unspecified atom stereocenters. The third-order valence-electron chi connectivity index (χ3n) is 3.13. The van der Waals surface area contributed by atoms with E-state index >= 15 is 0 Å². The van der Waals surface area contributed by atoms with Gasteiger partial charge in [-0.15, -0.1) is 0 Å². The number of rotatable bonds is 5. The lowest BCUT2D eigenvalue weighted by molar-refractivity contribution is -0.273. The first-order valence-corrected chi connectivity index (χ1v) is 8.59. The maximum absolute atomic E-state index is 13.5. The van der Waals surface area contributed by atoms with Crippen LogP contribution < -0.4 is 4.52 Å². The maximum atomic E-state index is 13.5. The molecule has 1 aliphatic heterocycles. The first-order valence-electron chi connectivity index (χ1n) is 6.60. The van der Waals surface area contributed by atoms with Crippen molar-refractivity contribution >= 4 is 7.60 Å². The van der Waals surface area contributed by atoms with Crippen LogP contribution in [0.3, 0.4) is 0 Å². The molecule has 0 amide bonds. The number of para-hydroxylation sites is 1. The zero-order valence-electron chi connectivity index (χ0n) is 11.8. The molecule has 1 aromatic carbocycles. The van der Waals surface area contributed by atoms with Crippen molar-refractivity contribution in [2.24, 2.45) is 0 Å². The molecule has 1 aliphatic rings. The van der Waals surface area contributed by atoms with Gasteiger partial charge in [0, 0.05) is 6.66 Å². The third-order valence-corrected chi connectivity index (χ3v) is 4.29. The molecule has 1 fully saturated rings. The van der Waals surface area contributed by atoms with Crippen LogP contribution in [0.2, 0.25) is 0 Å². The quantitative estimate of drug-likeness (QED) is 0.679. The number of aliphatic hydroxyl groups is 3. The number of ether oxygens (including phenoxy) is 1. The Morgan fingerprint density at radius 3 is 2.50 bits per heavy atom. The smallest absolute Gasteiger partial charge is 0.376 e. The lowest BCUT2D eigenvalue weighted by Crippen LogP contribution is -2.56. The molecule has 2 rings (SSSR count). The highest BCUT2D eigenvalue weighted by Crippen LogP contribution is 2.44. The second-order valence-corrected chi connectivity index (χ2v) is 6.95. The van der Waals surface area contributed by atoms with Crippen molar-refractivity contribution in [3.8, 4) is 5.75 Å². The summed E-state index contributed by atoms with van der Waals surface area (Å²) in [4.78, 5) is 0. The summed E-state index contributed by atoms with van der Waals surface area (Å²) in [5.74, 6) is 0.331. The highest BCUT2D eigenvalue weighted by Gasteiger charge is 2.45. The van der Waals surface area contributed by atoms with Gasteiger partial charge in [-0.3, -0.25) is 4.52 Å². The molecule has 1 aromatic rings. The van der Waals surface area contributed by atoms with Crippen LogP contribution in [0.25, 0.3) is 0 Å². The number of alkyl halides is 1. The van der Waals surface area contributed by atoms with Crippen molar-refractivity contribution in [2.45, 2.75) is 30.8 Å². The van der Waals surface area contributed by atoms with Gasteiger partial charge in [-0.2, -0.15) is 0 Å². The summed E-state index contributed by atoms with van der Waals surface area (Å²) in [5.41, 5.74) is 0. The molecular formula is C13H18FO7P. The van der Waals surface area contributed by atoms with E-state index in [1.165, 1.54) is 6.66 Å². The fraction of sp³-hybridized carbons (Fsp3) is 0.538. The Morgan fingerprint density at radius 1 is 1.23 bits per heavy atom. The van der Waals surface area contributed by atoms with Crippen LogP contribution in [0.4, 0.5) is 4.39 Å². The molecule has 124 valence electrons. The molecule has 1 saturated heterocycles. The van der Waals surface area contributed by atoms with Crippen molar-refractivity contribution in [3.05, 3.63) is 30.3 Å². The van der Waals surface area contributed by atoms with E-state index < -0.39 is 45.0 Å². The first-order chi connectivity index (χ1) is 10.3. The zero-order valence-corrected chi connectivity index (χ0v) is 12.7. The Hall–Kier alpha value is -1.02. The van der Waals surface area contributed by atoms with Crippen molar-refractivity contribution < 1.29 is 38.1 Å². The second-order valence-electron chi connectivity index (χ2n) is 4.96. The fourth-order valence-corrected chi connectivity index (χ4v) is 2.93. The monoisotopic (exact) mass is 336 g/mol. The van der Waals surface area contributed by atoms with Crippen LogP contribution in [-0.4, -0.2) is 59.4 Å². The molecule has 9 heteroatoms. The van der Waals surface area contributed by atoms with Gasteiger partial charge >= 0.3 is 7.60 Å². The predicted molar refractivity (Wildman–Crippen MR) is 74.3 cm³/mol. The number of benzene rings is 1. The molecule has 0 bridgehead atoms. The predicted octanol–water partition coefficient (Wildman–Crippen LogP) is 0.682. The fourth-order valence-electron chi connectivity index (χ4n) is 1.95. The molecule has 0 radical (unpaired) electrons. The molecule has 6 atom stereocenters. The van der Waals surface area contributed by atoms with Gasteiger partial charge in [0.25, 0.3) is 0 Å². The molecular weight excluding hydrogens is 318 g/mol. The highest BCUT2D eigenvalue weighted by atomic mass is 31.2. The average molecular weight is 336 g/mol. The second kappa shape index (κ2) is 7.04. The van der Waals surface area contributed by atoms with E-state index in [0.717, 1.165) is 0 Å². The van der Waals surface area contributed by atoms with Gasteiger partial charge in [-0.1, -0.05) is 18.2 Å². The molecule has 0 saturated carbocycles. The van der Waals surface area contributed by atoms with Crippen LogP contribution in [0, 0.1) is 0 Å². The number of aliphatic hydroxyl groups excluding tert-OH is 3. The van der Waals surface area contributed by atoms with Crippen LogP contribution in [0.5, 0.6) is 5.75 Å². The van der Waals surface area contributed by atoms with Crippen molar-refractivity contribution in [1.29, 1.82) is 0 Å². The molecule has 3 N–H and O–H groups in total. The van der Waals surface area contributed by atoms with E-state index in [-0.39, 0.29) is 0 Å². The summed E-state index contributed by atoms with van der Waals surface area (Å²) in [7, 11) is -3.52. The summed E-state index contributed by atoms with van der Waals surface area (Å²) in [6.45, 7) is 0.749. The summed E-state index contributed by atoms with van der Waals surface area (Å²) in [6, 6.07) is 8.31. The van der Waals surface area contributed by atoms with Gasteiger partial charge in [0.2, 0.25) is 0 Å². The van der Waals surface area contributed by atoms with Gasteiger partial charge in [-0.05, 0) is 12.1 Å². The number of hydrogen-bond acceptors (Lipinski definition) is 7. The van der Waals surface area contributed by atoms with E-state index in [2.05, 4.69) is 0 Å². The Labute approximate surface area is 126 Å². The third kappa shape index (κ3) is 4.25. The number of hydrogen-bond donors (Lipinski definition) is 3. The summed E-state index contributed by atoms with van der Waals surface area (Å²) < 4.78 is 40.8. The molecule has 0 aromatic heterocycles. The van der Waals surface area contributed by atoms with Crippen LogP contribution in [0.1, 0.15) is 0 Å². The van der Waals surface area contributed by atoms with Gasteiger partial charge in [0.15, 0.2) is 12.5 Å². The maximum Gasteiger partial charge on any atom is 0.376 e. The number of halogens is 1. The van der Waals surface area contributed by atoms with Crippen molar-refractivity contribution in [3.63, 3.8) is 0 Å². The van der Waals surface area contributed by atoms with E-state index in [1.54, 1.807) is 30.3 Å². The van der Waals surface area contributed by atoms with Crippen molar-refractivity contribution in [2.75, 3.05) is 13.3 Å². The minimum Gasteiger partial charge on any atom is -0.425 e. The summed E-state index contributed by atoms with van der Waals surface area (Å²) in [5, 5.41) is 28.2. The Balaban J connectivity index is 1.92. The van der Waals surface area contributed by atoms with Crippen LogP contribution in [0.15, 0.2) is 30.3 Å². The Morgan fingerprint density at radius 2 is 1.86 bits per heavy atom. The topological polar surface area (TPSA) is 105 Å². The molecule has 0 spiro atoms. The lowest BCUT2D eigenvalue weighted by atomic mass is 10.0. The summed E-state index contributed by atoms with van der Waals surface area (Å²) >= 11 is 0. The average Bonchev–Trinajstić information content (AvgIpc) is 2.48. The van der Waals surface area contributed by atoms with Gasteiger partial charge in [-0.25, -0.2) is 8.96 Å². The van der Waals surface area contributed by atoms with Gasteiger partial charge in [0.05, 0.1) is 6.61 Å². The molecule has 7 nitrogen and oxygen atoms in total. The van der Waals surface area contributed by atoms with Gasteiger partial charge in [0.1, 0.15) is 24.1 Å². The molecule has 22 heavy (non-hydrogen) atoms. The van der Waals surface area contributed by atoms with Crippen LogP contribution >= 0.6 is 7.60 Å². The van der Waals surface area contributed by atoms with Gasteiger partial charge < -0.3 is 24.6 Å². The molecule has 1 heterocycles. The first kappa shape index (κ1) is 17.3. The largest absolute Gasteiger partial charge is 0.425 e. The standard InChI is InChI=1S/C13H18FO7P/c1-22(18,21-8-5-3-2-4-6-8)19-7-9-11(15)10(14)12(16)13(17)20-9/h2-6,9-13,15-17H,7H2,1H3/t9?,10-,11+,12?,13?,22?/m0/s1. The normalized spacial score (nSPS) is 34.9. The highest BCUT2D eigenvalue weighted by molar-refractivity contribution is 7.53. The zero-order chi connectivity index (χ0) is 16.3. The molecule has 0 aliphatic carbocycles. The lowest BCUT2D eigenvalue weighted by Gasteiger charge is -2.37.